The van der Waals surface area contributed by atoms with Gasteiger partial charge in [0.15, 0.2) is 5.65 Å². The topological polar surface area (TPSA) is 89.4 Å². The van der Waals surface area contributed by atoms with Gasteiger partial charge in [0, 0.05) is 45.6 Å². The van der Waals surface area contributed by atoms with E-state index in [4.69, 9.17) is 4.74 Å². The van der Waals surface area contributed by atoms with E-state index < -0.39 is 5.60 Å². The number of alkyl carbamates (subject to hydrolysis) is 1. The molecular weight excluding hydrogens is 334 g/mol. The first-order valence-electron chi connectivity index (χ1n) is 9.07. The van der Waals surface area contributed by atoms with Gasteiger partial charge in [0.25, 0.3) is 0 Å². The number of ether oxygens (including phenoxy) is 1. The summed E-state index contributed by atoms with van der Waals surface area (Å²) in [4.78, 5) is 34.9. The Balaban J connectivity index is 1.37. The lowest BCUT2D eigenvalue weighted by Gasteiger charge is -2.25. The molecule has 0 radical (unpaired) electrons. The van der Waals surface area contributed by atoms with Gasteiger partial charge in [-0.15, -0.1) is 0 Å². The second kappa shape index (κ2) is 6.59. The van der Waals surface area contributed by atoms with Crippen LogP contribution in [-0.4, -0.2) is 56.7 Å². The van der Waals surface area contributed by atoms with Crippen molar-refractivity contribution in [2.24, 2.45) is 7.05 Å². The minimum atomic E-state index is -0.435. The van der Waals surface area contributed by atoms with E-state index in [1.165, 1.54) is 0 Å². The quantitative estimate of drug-likeness (QED) is 0.897. The molecule has 26 heavy (non-hydrogen) atoms. The van der Waals surface area contributed by atoms with Crippen LogP contribution in [-0.2, 0) is 23.0 Å². The molecule has 8 nitrogen and oxygen atoms in total. The summed E-state index contributed by atoms with van der Waals surface area (Å²) in [5.74, 6) is 0.992. The Labute approximate surface area is 151 Å². The number of imidazole rings is 1. The number of nitrogens with zero attached hydrogens (tertiary/aromatic N) is 4. The van der Waals surface area contributed by atoms with Gasteiger partial charge in [0.1, 0.15) is 16.9 Å². The molecular formula is C18H23N5O3. The van der Waals surface area contributed by atoms with Crippen molar-refractivity contribution in [1.82, 2.24) is 24.8 Å². The lowest BCUT2D eigenvalue weighted by Crippen LogP contribution is -2.36. The number of carbonyl (C=O) groups excluding carboxylic acids is 2. The van der Waals surface area contributed by atoms with Crippen LogP contribution in [0.1, 0.15) is 31.5 Å². The molecule has 138 valence electrons. The summed E-state index contributed by atoms with van der Waals surface area (Å²) in [6, 6.07) is 3.79. The third kappa shape index (κ3) is 3.11. The molecule has 8 heteroatoms. The van der Waals surface area contributed by atoms with E-state index in [0.717, 1.165) is 29.8 Å². The van der Waals surface area contributed by atoms with Crippen molar-refractivity contribution in [3.63, 3.8) is 0 Å². The van der Waals surface area contributed by atoms with Crippen LogP contribution in [0.15, 0.2) is 18.3 Å². The van der Waals surface area contributed by atoms with Crippen LogP contribution in [0.5, 0.6) is 0 Å². The molecule has 0 aliphatic carbocycles. The number of fused-ring (bicyclic) bond motifs is 1. The van der Waals surface area contributed by atoms with Gasteiger partial charge in [0.05, 0.1) is 6.54 Å². The normalized spacial score (nSPS) is 23.1. The van der Waals surface area contributed by atoms with Crippen molar-refractivity contribution < 1.29 is 14.3 Å². The summed E-state index contributed by atoms with van der Waals surface area (Å²) in [7, 11) is 1.93. The maximum Gasteiger partial charge on any atom is 0.407 e. The van der Waals surface area contributed by atoms with Crippen LogP contribution in [0, 0.1) is 0 Å². The highest BCUT2D eigenvalue weighted by molar-refractivity contribution is 5.77. The first kappa shape index (κ1) is 16.8. The Hall–Kier alpha value is -2.64. The molecule has 2 aliphatic rings. The molecule has 2 amide bonds. The molecule has 1 spiro atoms. The van der Waals surface area contributed by atoms with Crippen LogP contribution in [0.25, 0.3) is 11.2 Å². The Morgan fingerprint density at radius 3 is 3.04 bits per heavy atom. The number of rotatable bonds is 3. The summed E-state index contributed by atoms with van der Waals surface area (Å²) in [6.07, 6.45) is 4.74. The maximum absolute atomic E-state index is 12.7. The molecule has 4 rings (SSSR count). The van der Waals surface area contributed by atoms with E-state index in [9.17, 15) is 9.59 Å². The average Bonchev–Trinajstić information content (AvgIpc) is 3.07. The minimum absolute atomic E-state index is 0.124. The Morgan fingerprint density at radius 2 is 2.27 bits per heavy atom. The molecule has 0 saturated carbocycles. The number of aromatic nitrogens is 3. The molecule has 2 saturated heterocycles. The van der Waals surface area contributed by atoms with Crippen LogP contribution in [0.3, 0.4) is 0 Å². The first-order chi connectivity index (χ1) is 12.6. The fourth-order valence-electron chi connectivity index (χ4n) is 3.87. The van der Waals surface area contributed by atoms with Crippen molar-refractivity contribution >= 4 is 23.2 Å². The zero-order valence-electron chi connectivity index (χ0n) is 14.9. The van der Waals surface area contributed by atoms with Crippen LogP contribution < -0.4 is 5.32 Å². The van der Waals surface area contributed by atoms with Crippen molar-refractivity contribution in [2.75, 3.05) is 19.6 Å². The highest BCUT2D eigenvalue weighted by Crippen LogP contribution is 2.29. The van der Waals surface area contributed by atoms with Crippen LogP contribution in [0.4, 0.5) is 4.79 Å². The lowest BCUT2D eigenvalue weighted by molar-refractivity contribution is -0.131. The van der Waals surface area contributed by atoms with Crippen molar-refractivity contribution in [3.05, 3.63) is 24.2 Å². The number of pyridine rings is 1. The second-order valence-electron chi connectivity index (χ2n) is 7.09. The second-order valence-corrected chi connectivity index (χ2v) is 7.09. The number of aryl methyl sites for hydroxylation is 2. The first-order valence-corrected chi connectivity index (χ1v) is 9.07. The molecule has 2 aliphatic heterocycles. The van der Waals surface area contributed by atoms with Gasteiger partial charge < -0.3 is 19.5 Å². The van der Waals surface area contributed by atoms with E-state index in [-0.39, 0.29) is 12.0 Å². The summed E-state index contributed by atoms with van der Waals surface area (Å²) < 4.78 is 7.42. The third-order valence-electron chi connectivity index (χ3n) is 5.40. The van der Waals surface area contributed by atoms with Crippen LogP contribution in [0.2, 0.25) is 0 Å². The summed E-state index contributed by atoms with van der Waals surface area (Å²) >= 11 is 0. The number of hydrogen-bond donors (Lipinski definition) is 1. The summed E-state index contributed by atoms with van der Waals surface area (Å²) in [5.41, 5.74) is 1.25. The molecule has 2 aromatic heterocycles. The van der Waals surface area contributed by atoms with Gasteiger partial charge in [-0.1, -0.05) is 0 Å². The zero-order chi connectivity index (χ0) is 18.1. The Morgan fingerprint density at radius 1 is 1.38 bits per heavy atom. The van der Waals surface area contributed by atoms with Crippen molar-refractivity contribution in [2.45, 2.75) is 37.7 Å². The average molecular weight is 357 g/mol. The smallest absolute Gasteiger partial charge is 0.407 e. The van der Waals surface area contributed by atoms with Crippen LogP contribution >= 0.6 is 0 Å². The third-order valence-corrected chi connectivity index (χ3v) is 5.40. The molecule has 0 unspecified atom stereocenters. The SMILES string of the molecule is Cn1c(CCC(=O)N2CCC[C@@]3(CC2)CNC(=O)O3)nc2cccnc21. The molecule has 2 fully saturated rings. The van der Waals surface area contributed by atoms with Crippen molar-refractivity contribution in [1.29, 1.82) is 0 Å². The van der Waals surface area contributed by atoms with Crippen molar-refractivity contribution in [3.8, 4) is 0 Å². The van der Waals surface area contributed by atoms with Gasteiger partial charge in [-0.3, -0.25) is 4.79 Å². The summed E-state index contributed by atoms with van der Waals surface area (Å²) in [5, 5.41) is 2.74. The molecule has 4 heterocycles. The molecule has 1 atom stereocenters. The fourth-order valence-corrected chi connectivity index (χ4v) is 3.87. The number of hydrogen-bond acceptors (Lipinski definition) is 5. The van der Waals surface area contributed by atoms with E-state index in [2.05, 4.69) is 15.3 Å². The van der Waals surface area contributed by atoms with Gasteiger partial charge in [-0.2, -0.15) is 0 Å². The standard InChI is InChI=1S/C18H23N5O3/c1-22-14(21-13-4-2-9-19-16(13)22)5-6-15(24)23-10-3-7-18(8-11-23)12-20-17(25)26-18/h2,4,9H,3,5-8,10-12H2,1H3,(H,20,25)/t18-/m1/s1. The molecule has 0 aromatic carbocycles. The maximum atomic E-state index is 12.7. The number of amides is 2. The van der Waals surface area contributed by atoms with Gasteiger partial charge in [-0.05, 0) is 25.0 Å². The predicted molar refractivity (Wildman–Crippen MR) is 94.5 cm³/mol. The van der Waals surface area contributed by atoms with E-state index in [1.54, 1.807) is 6.20 Å². The molecule has 2 aromatic rings. The fraction of sp³-hybridized carbons (Fsp3) is 0.556. The monoisotopic (exact) mass is 357 g/mol. The Bertz CT molecular complexity index is 848. The Kier molecular flexibility index (Phi) is 4.26. The highest BCUT2D eigenvalue weighted by atomic mass is 16.6. The zero-order valence-corrected chi connectivity index (χ0v) is 14.9. The number of carbonyl (C=O) groups is 2. The van der Waals surface area contributed by atoms with E-state index in [1.807, 2.05) is 28.6 Å². The highest BCUT2D eigenvalue weighted by Gasteiger charge is 2.41. The summed E-state index contributed by atoms with van der Waals surface area (Å²) in [6.45, 7) is 1.88. The predicted octanol–water partition coefficient (Wildman–Crippen LogP) is 1.39. The minimum Gasteiger partial charge on any atom is -0.441 e. The van der Waals surface area contributed by atoms with Gasteiger partial charge in [-0.25, -0.2) is 14.8 Å². The van der Waals surface area contributed by atoms with Gasteiger partial charge in [0.2, 0.25) is 5.91 Å². The largest absolute Gasteiger partial charge is 0.441 e. The lowest BCUT2D eigenvalue weighted by atomic mass is 9.95. The van der Waals surface area contributed by atoms with E-state index in [0.29, 0.717) is 38.9 Å². The van der Waals surface area contributed by atoms with Gasteiger partial charge >= 0.3 is 6.09 Å². The molecule has 0 bridgehead atoms. The van der Waals surface area contributed by atoms with E-state index >= 15 is 0 Å². The molecule has 1 N–H and O–H groups in total. The number of nitrogens with one attached hydrogen (secondary N) is 1. The number of likely N-dealkylation sites (tertiary alicyclic amines) is 1.